The summed E-state index contributed by atoms with van der Waals surface area (Å²) < 4.78 is 5.27. The van der Waals surface area contributed by atoms with Gasteiger partial charge in [0.1, 0.15) is 0 Å². The van der Waals surface area contributed by atoms with Crippen LogP contribution < -0.4 is 5.32 Å². The third kappa shape index (κ3) is 1.69. The lowest BCUT2D eigenvalue weighted by Crippen LogP contribution is -2.45. The maximum Gasteiger partial charge on any atom is 0.238 e. The Kier molecular flexibility index (Phi) is 2.51. The zero-order valence-electron chi connectivity index (χ0n) is 7.95. The van der Waals surface area contributed by atoms with Crippen molar-refractivity contribution in [1.82, 2.24) is 10.2 Å². The van der Waals surface area contributed by atoms with E-state index in [1.807, 2.05) is 11.8 Å². The molecular formula is C9H16N2O2. The van der Waals surface area contributed by atoms with E-state index in [0.717, 1.165) is 26.1 Å². The van der Waals surface area contributed by atoms with Gasteiger partial charge < -0.3 is 9.64 Å². The zero-order chi connectivity index (χ0) is 9.26. The first kappa shape index (κ1) is 8.97. The molecule has 0 saturated carbocycles. The van der Waals surface area contributed by atoms with Crippen LogP contribution in [-0.2, 0) is 9.53 Å². The molecule has 4 nitrogen and oxygen atoms in total. The normalized spacial score (nSPS) is 31.3. The predicted octanol–water partition coefficient (Wildman–Crippen LogP) is -0.0568. The number of ether oxygens (including phenoxy) is 1. The Morgan fingerprint density at radius 1 is 1.46 bits per heavy atom. The Balaban J connectivity index is 2.00. The number of carbonyl (C=O) groups is 1. The molecule has 1 unspecified atom stereocenters. The van der Waals surface area contributed by atoms with Crippen LogP contribution in [0.2, 0.25) is 0 Å². The van der Waals surface area contributed by atoms with Crippen LogP contribution in [-0.4, -0.2) is 42.8 Å². The zero-order valence-corrected chi connectivity index (χ0v) is 7.95. The standard InChI is InChI=1S/C9H16N2O2/c1-7-10-6-9(12)11(7)8-2-4-13-5-3-8/h7-8,10H,2-6H2,1H3. The molecule has 1 amide bonds. The molecule has 2 aliphatic heterocycles. The third-order valence-corrected chi connectivity index (χ3v) is 2.84. The highest BCUT2D eigenvalue weighted by molar-refractivity contribution is 5.80. The average Bonchev–Trinajstić information content (AvgIpc) is 2.48. The second-order valence-corrected chi connectivity index (χ2v) is 3.70. The Morgan fingerprint density at radius 2 is 2.15 bits per heavy atom. The summed E-state index contributed by atoms with van der Waals surface area (Å²) in [7, 11) is 0. The fraction of sp³-hybridized carbons (Fsp3) is 0.889. The van der Waals surface area contributed by atoms with Gasteiger partial charge in [0.2, 0.25) is 5.91 Å². The van der Waals surface area contributed by atoms with Crippen LogP contribution in [0.1, 0.15) is 19.8 Å². The molecule has 2 fully saturated rings. The summed E-state index contributed by atoms with van der Waals surface area (Å²) in [5, 5.41) is 3.15. The van der Waals surface area contributed by atoms with E-state index in [-0.39, 0.29) is 12.1 Å². The SMILES string of the molecule is CC1NCC(=O)N1C1CCOCC1. The van der Waals surface area contributed by atoms with Gasteiger partial charge in [-0.25, -0.2) is 0 Å². The van der Waals surface area contributed by atoms with Gasteiger partial charge in [0.25, 0.3) is 0 Å². The summed E-state index contributed by atoms with van der Waals surface area (Å²) in [5.41, 5.74) is 0. The maximum absolute atomic E-state index is 11.5. The lowest BCUT2D eigenvalue weighted by Gasteiger charge is -2.33. The second-order valence-electron chi connectivity index (χ2n) is 3.70. The highest BCUT2D eigenvalue weighted by Gasteiger charge is 2.33. The van der Waals surface area contributed by atoms with Crippen LogP contribution in [0.3, 0.4) is 0 Å². The molecule has 4 heteroatoms. The average molecular weight is 184 g/mol. The van der Waals surface area contributed by atoms with Gasteiger partial charge in [0, 0.05) is 19.3 Å². The van der Waals surface area contributed by atoms with Gasteiger partial charge >= 0.3 is 0 Å². The highest BCUT2D eigenvalue weighted by Crippen LogP contribution is 2.18. The number of nitrogens with zero attached hydrogens (tertiary/aromatic N) is 1. The third-order valence-electron chi connectivity index (χ3n) is 2.84. The van der Waals surface area contributed by atoms with E-state index in [0.29, 0.717) is 12.6 Å². The van der Waals surface area contributed by atoms with E-state index in [2.05, 4.69) is 5.32 Å². The van der Waals surface area contributed by atoms with Crippen LogP contribution in [0.25, 0.3) is 0 Å². The molecule has 13 heavy (non-hydrogen) atoms. The van der Waals surface area contributed by atoms with Gasteiger partial charge in [-0.3, -0.25) is 10.1 Å². The molecule has 0 bridgehead atoms. The number of amides is 1. The minimum atomic E-state index is 0.204. The molecule has 0 aromatic heterocycles. The Bertz CT molecular complexity index is 202. The van der Waals surface area contributed by atoms with E-state index in [1.54, 1.807) is 0 Å². The van der Waals surface area contributed by atoms with Crippen LogP contribution in [0.15, 0.2) is 0 Å². The smallest absolute Gasteiger partial charge is 0.238 e. The monoisotopic (exact) mass is 184 g/mol. The minimum absolute atomic E-state index is 0.204. The van der Waals surface area contributed by atoms with Crippen molar-refractivity contribution in [3.05, 3.63) is 0 Å². The molecule has 2 saturated heterocycles. The fourth-order valence-corrected chi connectivity index (χ4v) is 2.12. The van der Waals surface area contributed by atoms with E-state index < -0.39 is 0 Å². The lowest BCUT2D eigenvalue weighted by molar-refractivity contribution is -0.131. The number of carbonyl (C=O) groups excluding carboxylic acids is 1. The predicted molar refractivity (Wildman–Crippen MR) is 48.2 cm³/mol. The second kappa shape index (κ2) is 3.64. The van der Waals surface area contributed by atoms with Gasteiger partial charge in [0.15, 0.2) is 0 Å². The number of nitrogens with one attached hydrogen (secondary N) is 1. The highest BCUT2D eigenvalue weighted by atomic mass is 16.5. The number of hydrogen-bond donors (Lipinski definition) is 1. The van der Waals surface area contributed by atoms with E-state index in [1.165, 1.54) is 0 Å². The summed E-state index contributed by atoms with van der Waals surface area (Å²) >= 11 is 0. The summed E-state index contributed by atoms with van der Waals surface area (Å²) in [6, 6.07) is 0.395. The van der Waals surface area contributed by atoms with Crippen molar-refractivity contribution in [3.63, 3.8) is 0 Å². The quantitative estimate of drug-likeness (QED) is 0.621. The van der Waals surface area contributed by atoms with Crippen molar-refractivity contribution in [2.45, 2.75) is 32.0 Å². The first-order chi connectivity index (χ1) is 6.29. The Hall–Kier alpha value is -0.610. The van der Waals surface area contributed by atoms with Gasteiger partial charge in [-0.1, -0.05) is 0 Å². The molecule has 1 atom stereocenters. The van der Waals surface area contributed by atoms with Crippen LogP contribution in [0.5, 0.6) is 0 Å². The van der Waals surface area contributed by atoms with E-state index in [4.69, 9.17) is 4.74 Å². The molecule has 74 valence electrons. The minimum Gasteiger partial charge on any atom is -0.381 e. The Morgan fingerprint density at radius 3 is 2.69 bits per heavy atom. The Labute approximate surface area is 78.2 Å². The molecule has 2 aliphatic rings. The van der Waals surface area contributed by atoms with Crippen LogP contribution in [0, 0.1) is 0 Å². The van der Waals surface area contributed by atoms with Crippen LogP contribution >= 0.6 is 0 Å². The molecular weight excluding hydrogens is 168 g/mol. The largest absolute Gasteiger partial charge is 0.381 e. The molecule has 0 aromatic rings. The molecule has 2 rings (SSSR count). The van der Waals surface area contributed by atoms with Crippen molar-refractivity contribution in [3.8, 4) is 0 Å². The summed E-state index contributed by atoms with van der Waals surface area (Å²) in [6.07, 6.45) is 2.17. The van der Waals surface area contributed by atoms with Crippen molar-refractivity contribution in [2.24, 2.45) is 0 Å². The first-order valence-corrected chi connectivity index (χ1v) is 4.91. The molecule has 0 spiro atoms. The topological polar surface area (TPSA) is 41.6 Å². The van der Waals surface area contributed by atoms with Gasteiger partial charge in [0.05, 0.1) is 12.7 Å². The lowest BCUT2D eigenvalue weighted by atomic mass is 10.1. The van der Waals surface area contributed by atoms with Crippen molar-refractivity contribution < 1.29 is 9.53 Å². The van der Waals surface area contributed by atoms with Crippen LogP contribution in [0.4, 0.5) is 0 Å². The van der Waals surface area contributed by atoms with Gasteiger partial charge in [-0.2, -0.15) is 0 Å². The summed E-state index contributed by atoms with van der Waals surface area (Å²) in [6.45, 7) is 4.13. The fourth-order valence-electron chi connectivity index (χ4n) is 2.12. The number of rotatable bonds is 1. The molecule has 0 aromatic carbocycles. The maximum atomic E-state index is 11.5. The summed E-state index contributed by atoms with van der Waals surface area (Å²) in [4.78, 5) is 13.5. The molecule has 0 radical (unpaired) electrons. The first-order valence-electron chi connectivity index (χ1n) is 4.91. The van der Waals surface area contributed by atoms with E-state index >= 15 is 0 Å². The molecule has 2 heterocycles. The summed E-state index contributed by atoms with van der Waals surface area (Å²) in [5.74, 6) is 0.236. The van der Waals surface area contributed by atoms with Crippen molar-refractivity contribution in [1.29, 1.82) is 0 Å². The molecule has 1 N–H and O–H groups in total. The van der Waals surface area contributed by atoms with Gasteiger partial charge in [-0.15, -0.1) is 0 Å². The number of hydrogen-bond acceptors (Lipinski definition) is 3. The van der Waals surface area contributed by atoms with Gasteiger partial charge in [-0.05, 0) is 19.8 Å². The van der Waals surface area contributed by atoms with E-state index in [9.17, 15) is 4.79 Å². The van der Waals surface area contributed by atoms with Crippen molar-refractivity contribution >= 4 is 5.91 Å². The van der Waals surface area contributed by atoms with Crippen molar-refractivity contribution in [2.75, 3.05) is 19.8 Å². The molecule has 0 aliphatic carbocycles.